The molecule has 1 aliphatic heterocycles. The standard InChI is InChI=1S/C12H14N4O4/c17-10-7-1-2-8(5-7)11(18)16(10)4-3-15-6-9(12(19)20)13-14-15/h6-8H,1-5H2,(H,19,20). The topological polar surface area (TPSA) is 105 Å². The molecule has 8 nitrogen and oxygen atoms in total. The maximum atomic E-state index is 12.1. The molecule has 2 bridgehead atoms. The van der Waals surface area contributed by atoms with Crippen LogP contribution < -0.4 is 0 Å². The number of piperidine rings is 1. The van der Waals surface area contributed by atoms with Gasteiger partial charge in [0, 0.05) is 18.4 Å². The van der Waals surface area contributed by atoms with Gasteiger partial charge in [-0.25, -0.2) is 9.48 Å². The van der Waals surface area contributed by atoms with Crippen LogP contribution in [0.25, 0.3) is 0 Å². The van der Waals surface area contributed by atoms with Crippen molar-refractivity contribution in [3.63, 3.8) is 0 Å². The fourth-order valence-electron chi connectivity index (χ4n) is 2.91. The number of carbonyl (C=O) groups excluding carboxylic acids is 2. The van der Waals surface area contributed by atoms with Crippen molar-refractivity contribution in [3.8, 4) is 0 Å². The van der Waals surface area contributed by atoms with Crippen LogP contribution in [0.5, 0.6) is 0 Å². The number of carbonyl (C=O) groups is 3. The molecular formula is C12H14N4O4. The Morgan fingerprint density at radius 1 is 1.25 bits per heavy atom. The lowest BCUT2D eigenvalue weighted by molar-refractivity contribution is -0.152. The summed E-state index contributed by atoms with van der Waals surface area (Å²) in [7, 11) is 0. The first-order chi connectivity index (χ1) is 9.56. The van der Waals surface area contributed by atoms with Gasteiger partial charge in [0.15, 0.2) is 5.69 Å². The van der Waals surface area contributed by atoms with Gasteiger partial charge in [-0.2, -0.15) is 0 Å². The molecule has 1 aliphatic carbocycles. The summed E-state index contributed by atoms with van der Waals surface area (Å²) in [6, 6.07) is 0. The minimum absolute atomic E-state index is 0.0250. The molecule has 0 spiro atoms. The molecule has 2 fully saturated rings. The van der Waals surface area contributed by atoms with Gasteiger partial charge in [0.05, 0.1) is 12.7 Å². The Hall–Kier alpha value is -2.25. The van der Waals surface area contributed by atoms with Gasteiger partial charge in [0.2, 0.25) is 11.8 Å². The minimum atomic E-state index is -1.15. The number of likely N-dealkylation sites (tertiary alicyclic amines) is 1. The third-order valence-corrected chi connectivity index (χ3v) is 3.97. The Morgan fingerprint density at radius 3 is 2.45 bits per heavy atom. The highest BCUT2D eigenvalue weighted by molar-refractivity contribution is 6.00. The Kier molecular flexibility index (Phi) is 3.00. The number of rotatable bonds is 4. The second kappa shape index (κ2) is 4.69. The molecule has 0 radical (unpaired) electrons. The summed E-state index contributed by atoms with van der Waals surface area (Å²) in [6.07, 6.45) is 3.55. The highest BCUT2D eigenvalue weighted by atomic mass is 16.4. The molecule has 1 saturated heterocycles. The van der Waals surface area contributed by atoms with Crippen LogP contribution in [0.3, 0.4) is 0 Å². The second-order valence-electron chi connectivity index (χ2n) is 5.21. The average molecular weight is 278 g/mol. The number of hydrogen-bond donors (Lipinski definition) is 1. The van der Waals surface area contributed by atoms with Crippen LogP contribution in [-0.4, -0.2) is 49.3 Å². The summed E-state index contributed by atoms with van der Waals surface area (Å²) >= 11 is 0. The number of imide groups is 1. The molecule has 2 amide bonds. The number of fused-ring (bicyclic) bond motifs is 2. The summed E-state index contributed by atoms with van der Waals surface area (Å²) < 4.78 is 1.33. The Balaban J connectivity index is 1.66. The van der Waals surface area contributed by atoms with Crippen molar-refractivity contribution in [1.82, 2.24) is 19.9 Å². The monoisotopic (exact) mass is 278 g/mol. The average Bonchev–Trinajstić information content (AvgIpc) is 3.05. The first-order valence-electron chi connectivity index (χ1n) is 6.55. The van der Waals surface area contributed by atoms with Gasteiger partial charge in [-0.1, -0.05) is 5.21 Å². The lowest BCUT2D eigenvalue weighted by Gasteiger charge is -2.29. The molecule has 0 aromatic carbocycles. The molecule has 2 unspecified atom stereocenters. The molecule has 2 aliphatic rings. The van der Waals surface area contributed by atoms with Gasteiger partial charge in [-0.15, -0.1) is 5.10 Å². The van der Waals surface area contributed by atoms with Crippen LogP contribution in [0.4, 0.5) is 0 Å². The van der Waals surface area contributed by atoms with E-state index in [-0.39, 0.29) is 42.4 Å². The van der Waals surface area contributed by atoms with Gasteiger partial charge < -0.3 is 5.11 Å². The van der Waals surface area contributed by atoms with Gasteiger partial charge in [0.1, 0.15) is 0 Å². The Bertz CT molecular complexity index is 560. The first kappa shape index (κ1) is 12.8. The van der Waals surface area contributed by atoms with Crippen LogP contribution in [0.2, 0.25) is 0 Å². The van der Waals surface area contributed by atoms with Gasteiger partial charge in [-0.05, 0) is 19.3 Å². The van der Waals surface area contributed by atoms with Crippen molar-refractivity contribution < 1.29 is 19.5 Å². The number of nitrogens with zero attached hydrogens (tertiary/aromatic N) is 4. The summed E-state index contributed by atoms with van der Waals surface area (Å²) in [5.74, 6) is -1.42. The van der Waals surface area contributed by atoms with Crippen LogP contribution in [-0.2, 0) is 16.1 Å². The van der Waals surface area contributed by atoms with E-state index in [0.717, 1.165) is 12.8 Å². The third kappa shape index (κ3) is 2.06. The van der Waals surface area contributed by atoms with Gasteiger partial charge in [-0.3, -0.25) is 14.5 Å². The zero-order valence-electron chi connectivity index (χ0n) is 10.7. The number of hydrogen-bond acceptors (Lipinski definition) is 5. The molecule has 1 saturated carbocycles. The number of carboxylic acids is 1. The van der Waals surface area contributed by atoms with Gasteiger partial charge >= 0.3 is 5.97 Å². The van der Waals surface area contributed by atoms with E-state index in [4.69, 9.17) is 5.11 Å². The summed E-state index contributed by atoms with van der Waals surface area (Å²) in [4.78, 5) is 36.2. The number of amides is 2. The molecule has 3 rings (SSSR count). The molecule has 8 heteroatoms. The van der Waals surface area contributed by atoms with Crippen molar-refractivity contribution in [2.75, 3.05) is 6.54 Å². The third-order valence-electron chi connectivity index (χ3n) is 3.97. The summed E-state index contributed by atoms with van der Waals surface area (Å²) in [6.45, 7) is 0.476. The van der Waals surface area contributed by atoms with Crippen LogP contribution in [0.1, 0.15) is 29.8 Å². The highest BCUT2D eigenvalue weighted by Crippen LogP contribution is 2.37. The zero-order chi connectivity index (χ0) is 14.3. The number of carboxylic acid groups (broad SMARTS) is 1. The largest absolute Gasteiger partial charge is 0.476 e. The molecule has 20 heavy (non-hydrogen) atoms. The van der Waals surface area contributed by atoms with E-state index in [1.54, 1.807) is 0 Å². The fraction of sp³-hybridized carbons (Fsp3) is 0.583. The maximum Gasteiger partial charge on any atom is 0.358 e. The van der Waals surface area contributed by atoms with E-state index >= 15 is 0 Å². The molecule has 2 atom stereocenters. The molecule has 106 valence electrons. The predicted octanol–water partition coefficient (Wildman–Crippen LogP) is -0.239. The minimum Gasteiger partial charge on any atom is -0.476 e. The van der Waals surface area contributed by atoms with E-state index in [2.05, 4.69) is 10.3 Å². The van der Waals surface area contributed by atoms with E-state index in [1.165, 1.54) is 15.8 Å². The summed E-state index contributed by atoms with van der Waals surface area (Å²) in [5.41, 5.74) is -0.152. The Morgan fingerprint density at radius 2 is 1.90 bits per heavy atom. The van der Waals surface area contributed by atoms with Crippen LogP contribution in [0, 0.1) is 11.8 Å². The maximum absolute atomic E-state index is 12.1. The second-order valence-corrected chi connectivity index (χ2v) is 5.21. The normalized spacial score (nSPS) is 25.3. The van der Waals surface area contributed by atoms with Crippen molar-refractivity contribution in [1.29, 1.82) is 0 Å². The molecule has 2 heterocycles. The van der Waals surface area contributed by atoms with E-state index in [1.807, 2.05) is 0 Å². The lowest BCUT2D eigenvalue weighted by Crippen LogP contribution is -2.47. The van der Waals surface area contributed by atoms with Crippen molar-refractivity contribution in [3.05, 3.63) is 11.9 Å². The van der Waals surface area contributed by atoms with Gasteiger partial charge in [0.25, 0.3) is 0 Å². The summed E-state index contributed by atoms with van der Waals surface area (Å²) in [5, 5.41) is 15.9. The number of aromatic carboxylic acids is 1. The van der Waals surface area contributed by atoms with Crippen molar-refractivity contribution >= 4 is 17.8 Å². The SMILES string of the molecule is O=C(O)c1cn(CCN2C(=O)C3CCC(C3)C2=O)nn1. The zero-order valence-corrected chi connectivity index (χ0v) is 10.7. The van der Waals surface area contributed by atoms with Crippen molar-refractivity contribution in [2.24, 2.45) is 11.8 Å². The number of aromatic nitrogens is 3. The van der Waals surface area contributed by atoms with E-state index < -0.39 is 5.97 Å². The molecule has 1 N–H and O–H groups in total. The Labute approximate surface area is 114 Å². The molecule has 1 aromatic heterocycles. The van der Waals surface area contributed by atoms with Crippen LogP contribution >= 0.6 is 0 Å². The quantitative estimate of drug-likeness (QED) is 0.762. The predicted molar refractivity (Wildman–Crippen MR) is 64.5 cm³/mol. The molecular weight excluding hydrogens is 264 g/mol. The smallest absolute Gasteiger partial charge is 0.358 e. The fourth-order valence-corrected chi connectivity index (χ4v) is 2.91. The lowest BCUT2D eigenvalue weighted by atomic mass is 9.97. The van der Waals surface area contributed by atoms with Crippen LogP contribution in [0.15, 0.2) is 6.20 Å². The molecule has 1 aromatic rings. The van der Waals surface area contributed by atoms with E-state index in [9.17, 15) is 14.4 Å². The first-order valence-corrected chi connectivity index (χ1v) is 6.55. The van der Waals surface area contributed by atoms with E-state index in [0.29, 0.717) is 6.42 Å². The van der Waals surface area contributed by atoms with Crippen molar-refractivity contribution in [2.45, 2.75) is 25.8 Å². The highest BCUT2D eigenvalue weighted by Gasteiger charge is 2.44.